The van der Waals surface area contributed by atoms with E-state index in [1.54, 1.807) is 39.2 Å². The van der Waals surface area contributed by atoms with Crippen molar-refractivity contribution in [2.75, 3.05) is 19.8 Å². The lowest BCUT2D eigenvalue weighted by atomic mass is 9.67. The third kappa shape index (κ3) is 3.65. The minimum atomic E-state index is -1.57. The van der Waals surface area contributed by atoms with Gasteiger partial charge < -0.3 is 14.2 Å². The van der Waals surface area contributed by atoms with Crippen LogP contribution < -0.4 is 0 Å². The van der Waals surface area contributed by atoms with Crippen LogP contribution in [-0.2, 0) is 35.0 Å². The van der Waals surface area contributed by atoms with Crippen molar-refractivity contribution in [2.24, 2.45) is 5.41 Å². The molecule has 7 nitrogen and oxygen atoms in total. The fraction of sp³-hybridized carbons (Fsp3) is 0.556. The number of hydrogen-bond donors (Lipinski definition) is 0. The third-order valence-electron chi connectivity index (χ3n) is 4.27. The molecule has 1 aliphatic carbocycles. The summed E-state index contributed by atoms with van der Waals surface area (Å²) in [4.78, 5) is 41.9. The van der Waals surface area contributed by atoms with Crippen molar-refractivity contribution in [3.8, 4) is 0 Å². The van der Waals surface area contributed by atoms with Gasteiger partial charge in [-0.1, -0.05) is 0 Å². The molecule has 0 saturated heterocycles. The molecule has 1 aromatic heterocycles. The van der Waals surface area contributed by atoms with Gasteiger partial charge in [0.1, 0.15) is 0 Å². The fourth-order valence-corrected chi connectivity index (χ4v) is 3.17. The molecule has 0 bridgehead atoms. The maximum absolute atomic E-state index is 12.7. The molecule has 1 atom stereocenters. The molecule has 0 saturated carbocycles. The fourth-order valence-electron chi connectivity index (χ4n) is 3.17. The van der Waals surface area contributed by atoms with Crippen molar-refractivity contribution < 1.29 is 28.6 Å². The van der Waals surface area contributed by atoms with Crippen LogP contribution in [0.4, 0.5) is 0 Å². The molecule has 136 valence electrons. The quantitative estimate of drug-likeness (QED) is 0.439. The predicted octanol–water partition coefficient (Wildman–Crippen LogP) is 1.79. The number of esters is 3. The van der Waals surface area contributed by atoms with Gasteiger partial charge in [-0.3, -0.25) is 19.4 Å². The lowest BCUT2D eigenvalue weighted by molar-refractivity contribution is -0.174. The Balaban J connectivity index is 2.52. The van der Waals surface area contributed by atoms with E-state index in [0.29, 0.717) is 5.56 Å². The molecule has 0 radical (unpaired) electrons. The van der Waals surface area contributed by atoms with E-state index >= 15 is 0 Å². The number of hydrogen-bond acceptors (Lipinski definition) is 7. The Morgan fingerprint density at radius 1 is 1.08 bits per heavy atom. The van der Waals surface area contributed by atoms with Gasteiger partial charge in [0, 0.05) is 18.8 Å². The molecule has 0 spiro atoms. The van der Waals surface area contributed by atoms with E-state index < -0.39 is 29.2 Å². The molecule has 7 heteroatoms. The van der Waals surface area contributed by atoms with E-state index in [1.807, 2.05) is 0 Å². The van der Waals surface area contributed by atoms with Crippen molar-refractivity contribution in [1.29, 1.82) is 0 Å². The van der Waals surface area contributed by atoms with Crippen LogP contribution >= 0.6 is 0 Å². The van der Waals surface area contributed by atoms with Gasteiger partial charge >= 0.3 is 17.9 Å². The van der Waals surface area contributed by atoms with E-state index in [0.717, 1.165) is 5.56 Å². The number of aromatic nitrogens is 1. The van der Waals surface area contributed by atoms with Gasteiger partial charge in [-0.05, 0) is 44.4 Å². The predicted molar refractivity (Wildman–Crippen MR) is 87.6 cm³/mol. The van der Waals surface area contributed by atoms with Crippen molar-refractivity contribution in [1.82, 2.24) is 4.98 Å². The summed E-state index contributed by atoms with van der Waals surface area (Å²) < 4.78 is 15.4. The second-order valence-electron chi connectivity index (χ2n) is 5.78. The summed E-state index contributed by atoms with van der Waals surface area (Å²) >= 11 is 0. The summed E-state index contributed by atoms with van der Waals surface area (Å²) in [5, 5.41) is 0. The molecule has 0 N–H and O–H groups in total. The van der Waals surface area contributed by atoms with Crippen LogP contribution in [0.25, 0.3) is 0 Å². The van der Waals surface area contributed by atoms with E-state index in [1.165, 1.54) is 0 Å². The van der Waals surface area contributed by atoms with Crippen LogP contribution in [0.3, 0.4) is 0 Å². The standard InChI is InChI=1S/C18H23NO6/c1-4-23-15(20)14-10-18(16(21)24-5-2,17(22)25-6-3)9-12-11-19-8-7-13(12)14/h7-8,11,14H,4-6,9-10H2,1-3H3. The molecule has 2 rings (SSSR count). The molecule has 25 heavy (non-hydrogen) atoms. The zero-order valence-electron chi connectivity index (χ0n) is 14.7. The molecular formula is C18H23NO6. The highest BCUT2D eigenvalue weighted by Gasteiger charge is 2.55. The van der Waals surface area contributed by atoms with E-state index in [2.05, 4.69) is 4.98 Å². The van der Waals surface area contributed by atoms with Crippen LogP contribution in [0.5, 0.6) is 0 Å². The van der Waals surface area contributed by atoms with E-state index in [4.69, 9.17) is 14.2 Å². The Labute approximate surface area is 146 Å². The Morgan fingerprint density at radius 2 is 1.68 bits per heavy atom. The number of pyridine rings is 1. The second kappa shape index (κ2) is 8.09. The molecule has 1 aliphatic rings. The summed E-state index contributed by atoms with van der Waals surface area (Å²) in [6.45, 7) is 5.50. The molecule has 1 heterocycles. The Bertz CT molecular complexity index is 639. The lowest BCUT2D eigenvalue weighted by Crippen LogP contribution is -2.48. The van der Waals surface area contributed by atoms with Gasteiger partial charge in [-0.15, -0.1) is 0 Å². The molecule has 0 aliphatic heterocycles. The van der Waals surface area contributed by atoms with Gasteiger partial charge in [0.2, 0.25) is 0 Å². The van der Waals surface area contributed by atoms with Crippen molar-refractivity contribution in [3.63, 3.8) is 0 Å². The van der Waals surface area contributed by atoms with Gasteiger partial charge in [0.05, 0.1) is 25.7 Å². The number of fused-ring (bicyclic) bond motifs is 1. The van der Waals surface area contributed by atoms with E-state index in [-0.39, 0.29) is 32.7 Å². The summed E-state index contributed by atoms with van der Waals surface area (Å²) in [5.41, 5.74) is -0.204. The summed E-state index contributed by atoms with van der Waals surface area (Å²) in [5.74, 6) is -2.59. The number of carbonyl (C=O) groups excluding carboxylic acids is 3. The molecular weight excluding hydrogens is 326 g/mol. The van der Waals surface area contributed by atoms with Gasteiger partial charge in [-0.25, -0.2) is 0 Å². The monoisotopic (exact) mass is 349 g/mol. The SMILES string of the molecule is CCOC(=O)C1CC(C(=O)OCC)(C(=O)OCC)Cc2cnccc21. The first-order valence-corrected chi connectivity index (χ1v) is 8.44. The Kier molecular flexibility index (Phi) is 6.12. The van der Waals surface area contributed by atoms with Gasteiger partial charge in [-0.2, -0.15) is 0 Å². The highest BCUT2D eigenvalue weighted by atomic mass is 16.6. The highest BCUT2D eigenvalue weighted by Crippen LogP contribution is 2.44. The minimum Gasteiger partial charge on any atom is -0.466 e. The highest BCUT2D eigenvalue weighted by molar-refractivity contribution is 6.02. The van der Waals surface area contributed by atoms with Crippen molar-refractivity contribution in [2.45, 2.75) is 39.5 Å². The molecule has 0 aromatic carbocycles. The summed E-state index contributed by atoms with van der Waals surface area (Å²) in [7, 11) is 0. The second-order valence-corrected chi connectivity index (χ2v) is 5.78. The maximum Gasteiger partial charge on any atom is 0.323 e. The average molecular weight is 349 g/mol. The molecule has 1 unspecified atom stereocenters. The third-order valence-corrected chi connectivity index (χ3v) is 4.27. The first-order valence-electron chi connectivity index (χ1n) is 8.44. The normalized spacial score (nSPS) is 18.0. The molecule has 1 aromatic rings. The summed E-state index contributed by atoms with van der Waals surface area (Å²) in [6, 6.07) is 1.72. The van der Waals surface area contributed by atoms with Gasteiger partial charge in [0.25, 0.3) is 0 Å². The van der Waals surface area contributed by atoms with Crippen LogP contribution in [0.2, 0.25) is 0 Å². The van der Waals surface area contributed by atoms with Crippen LogP contribution in [0.15, 0.2) is 18.5 Å². The zero-order valence-corrected chi connectivity index (χ0v) is 14.7. The number of ether oxygens (including phenoxy) is 3. The van der Waals surface area contributed by atoms with Crippen LogP contribution in [0.1, 0.15) is 44.2 Å². The number of rotatable bonds is 6. The largest absolute Gasteiger partial charge is 0.466 e. The lowest BCUT2D eigenvalue weighted by Gasteiger charge is -2.36. The van der Waals surface area contributed by atoms with Crippen LogP contribution in [-0.4, -0.2) is 42.7 Å². The van der Waals surface area contributed by atoms with Crippen molar-refractivity contribution in [3.05, 3.63) is 29.6 Å². The first kappa shape index (κ1) is 18.9. The Hall–Kier alpha value is -2.44. The topological polar surface area (TPSA) is 91.8 Å². The van der Waals surface area contributed by atoms with Gasteiger partial charge in [0.15, 0.2) is 5.41 Å². The maximum atomic E-state index is 12.7. The smallest absolute Gasteiger partial charge is 0.323 e. The van der Waals surface area contributed by atoms with Crippen LogP contribution in [0, 0.1) is 5.41 Å². The minimum absolute atomic E-state index is 0.0412. The molecule has 0 fully saturated rings. The van der Waals surface area contributed by atoms with E-state index in [9.17, 15) is 14.4 Å². The number of nitrogens with zero attached hydrogens (tertiary/aromatic N) is 1. The average Bonchev–Trinajstić information content (AvgIpc) is 2.61. The molecule has 0 amide bonds. The first-order chi connectivity index (χ1) is 12.0. The summed E-state index contributed by atoms with van der Waals surface area (Å²) in [6.07, 6.45) is 3.19. The number of carbonyl (C=O) groups is 3. The van der Waals surface area contributed by atoms with Crippen molar-refractivity contribution >= 4 is 17.9 Å². The zero-order chi connectivity index (χ0) is 18.4. The Morgan fingerprint density at radius 3 is 2.24 bits per heavy atom.